The van der Waals surface area contributed by atoms with Crippen LogP contribution in [0.15, 0.2) is 11.6 Å². The molecule has 4 rings (SSSR count). The SMILES string of the molecule is C[C@@H](CC[C@@H](O)C(C)(C)O)[C@@H]1CC[C@]2(C)C3=CC[C@H]4C(C)(C)C(=O)CC[C@]4(C)[C@H]3CC[C@@]12C. The van der Waals surface area contributed by atoms with Crippen LogP contribution in [0.2, 0.25) is 0 Å². The molecule has 3 nitrogen and oxygen atoms in total. The third-order valence-electron chi connectivity index (χ3n) is 12.0. The van der Waals surface area contributed by atoms with Crippen molar-refractivity contribution >= 4 is 5.78 Å². The second kappa shape index (κ2) is 7.92. The minimum Gasteiger partial charge on any atom is -0.390 e. The average molecular weight is 459 g/mol. The summed E-state index contributed by atoms with van der Waals surface area (Å²) >= 11 is 0. The zero-order chi connectivity index (χ0) is 24.6. The highest BCUT2D eigenvalue weighted by Crippen LogP contribution is 2.73. The van der Waals surface area contributed by atoms with Crippen LogP contribution >= 0.6 is 0 Å². The Morgan fingerprint density at radius 1 is 1.06 bits per heavy atom. The van der Waals surface area contributed by atoms with E-state index in [9.17, 15) is 15.0 Å². The molecule has 0 aromatic carbocycles. The van der Waals surface area contributed by atoms with Crippen molar-refractivity contribution < 1.29 is 15.0 Å². The number of fused-ring (bicyclic) bond motifs is 5. The van der Waals surface area contributed by atoms with Crippen molar-refractivity contribution in [2.45, 2.75) is 125 Å². The maximum absolute atomic E-state index is 12.8. The van der Waals surface area contributed by atoms with E-state index in [0.717, 1.165) is 25.7 Å². The highest BCUT2D eigenvalue weighted by molar-refractivity contribution is 5.85. The summed E-state index contributed by atoms with van der Waals surface area (Å²) in [6.45, 7) is 17.9. The molecule has 33 heavy (non-hydrogen) atoms. The lowest BCUT2D eigenvalue weighted by Crippen LogP contribution is -2.57. The third kappa shape index (κ3) is 3.62. The Morgan fingerprint density at radius 2 is 1.73 bits per heavy atom. The number of allylic oxidation sites excluding steroid dienone is 2. The third-order valence-corrected chi connectivity index (χ3v) is 12.0. The fraction of sp³-hybridized carbons (Fsp3) is 0.900. The highest BCUT2D eigenvalue weighted by Gasteiger charge is 2.65. The van der Waals surface area contributed by atoms with Crippen molar-refractivity contribution in [1.29, 1.82) is 0 Å². The van der Waals surface area contributed by atoms with Crippen LogP contribution in [0.1, 0.15) is 113 Å². The molecule has 0 spiro atoms. The number of aliphatic hydroxyl groups excluding tert-OH is 1. The van der Waals surface area contributed by atoms with E-state index < -0.39 is 11.7 Å². The monoisotopic (exact) mass is 458 g/mol. The van der Waals surface area contributed by atoms with Crippen molar-refractivity contribution in [3.8, 4) is 0 Å². The van der Waals surface area contributed by atoms with Gasteiger partial charge in [-0.1, -0.05) is 53.2 Å². The molecule has 0 radical (unpaired) electrons. The molecule has 0 bridgehead atoms. The standard InChI is InChI=1S/C30H50O3/c1-19(9-12-25(32)27(4,5)33)20-13-17-30(8)22-10-11-23-26(2,3)24(31)15-16-28(23,6)21(22)14-18-29(20,30)7/h10,19-21,23,25,32-33H,9,11-18H2,1-8H3/t19-,20-,21-,23-,25+,28+,29-,30+/m0/s1. The molecule has 0 aromatic rings. The molecular formula is C30H50O3. The van der Waals surface area contributed by atoms with Gasteiger partial charge >= 0.3 is 0 Å². The van der Waals surface area contributed by atoms with Gasteiger partial charge in [-0.3, -0.25) is 4.79 Å². The van der Waals surface area contributed by atoms with Gasteiger partial charge in [-0.2, -0.15) is 0 Å². The lowest BCUT2D eigenvalue weighted by Gasteiger charge is -2.63. The van der Waals surface area contributed by atoms with E-state index in [-0.39, 0.29) is 21.7 Å². The summed E-state index contributed by atoms with van der Waals surface area (Å²) in [6.07, 6.45) is 11.5. The van der Waals surface area contributed by atoms with Crippen LogP contribution in [0.4, 0.5) is 0 Å². The second-order valence-corrected chi connectivity index (χ2v) is 14.3. The second-order valence-electron chi connectivity index (χ2n) is 14.3. The van der Waals surface area contributed by atoms with Crippen LogP contribution in [-0.4, -0.2) is 27.7 Å². The number of rotatable bonds is 5. The average Bonchev–Trinajstić information content (AvgIpc) is 3.00. The molecule has 3 fully saturated rings. The van der Waals surface area contributed by atoms with Gasteiger partial charge in [-0.05, 0) is 105 Å². The summed E-state index contributed by atoms with van der Waals surface area (Å²) in [7, 11) is 0. The van der Waals surface area contributed by atoms with E-state index in [2.05, 4.69) is 47.6 Å². The van der Waals surface area contributed by atoms with Gasteiger partial charge in [-0.25, -0.2) is 0 Å². The summed E-state index contributed by atoms with van der Waals surface area (Å²) in [6, 6.07) is 0. The van der Waals surface area contributed by atoms with Gasteiger partial charge in [0.15, 0.2) is 0 Å². The molecule has 0 unspecified atom stereocenters. The van der Waals surface area contributed by atoms with Gasteiger partial charge in [-0.15, -0.1) is 0 Å². The van der Waals surface area contributed by atoms with Gasteiger partial charge in [0, 0.05) is 11.8 Å². The topological polar surface area (TPSA) is 57.5 Å². The summed E-state index contributed by atoms with van der Waals surface area (Å²) in [5.74, 6) is 2.76. The van der Waals surface area contributed by atoms with Gasteiger partial charge in [0.1, 0.15) is 5.78 Å². The van der Waals surface area contributed by atoms with Gasteiger partial charge in [0.2, 0.25) is 0 Å². The molecule has 2 N–H and O–H groups in total. The van der Waals surface area contributed by atoms with E-state index in [0.29, 0.717) is 35.9 Å². The van der Waals surface area contributed by atoms with Crippen LogP contribution < -0.4 is 0 Å². The van der Waals surface area contributed by atoms with Gasteiger partial charge < -0.3 is 10.2 Å². The molecule has 8 atom stereocenters. The van der Waals surface area contributed by atoms with E-state index in [1.807, 2.05) is 0 Å². The predicted molar refractivity (Wildman–Crippen MR) is 135 cm³/mol. The fourth-order valence-electron chi connectivity index (χ4n) is 9.44. The van der Waals surface area contributed by atoms with E-state index in [1.165, 1.54) is 25.7 Å². The fourth-order valence-corrected chi connectivity index (χ4v) is 9.44. The van der Waals surface area contributed by atoms with E-state index in [1.54, 1.807) is 19.4 Å². The predicted octanol–water partition coefficient (Wildman–Crippen LogP) is 6.71. The van der Waals surface area contributed by atoms with Crippen molar-refractivity contribution in [1.82, 2.24) is 0 Å². The molecule has 0 aromatic heterocycles. The maximum atomic E-state index is 12.8. The molecule has 188 valence electrons. The first kappa shape index (κ1) is 25.4. The molecule has 4 aliphatic carbocycles. The number of hydrogen-bond acceptors (Lipinski definition) is 3. The first-order chi connectivity index (χ1) is 15.1. The molecule has 3 heteroatoms. The first-order valence-electron chi connectivity index (χ1n) is 13.7. The quantitative estimate of drug-likeness (QED) is 0.450. The lowest BCUT2D eigenvalue weighted by atomic mass is 9.41. The molecule has 4 aliphatic rings. The maximum Gasteiger partial charge on any atom is 0.138 e. The van der Waals surface area contributed by atoms with Crippen LogP contribution in [0, 0.1) is 45.3 Å². The molecule has 3 saturated carbocycles. The zero-order valence-electron chi connectivity index (χ0n) is 22.6. The Hall–Kier alpha value is -0.670. The lowest BCUT2D eigenvalue weighted by molar-refractivity contribution is -0.146. The number of aliphatic hydroxyl groups is 2. The Balaban J connectivity index is 1.59. The van der Waals surface area contributed by atoms with Crippen LogP contribution in [0.5, 0.6) is 0 Å². The summed E-state index contributed by atoms with van der Waals surface area (Å²) in [4.78, 5) is 12.8. The Kier molecular flexibility index (Phi) is 6.10. The Bertz CT molecular complexity index is 819. The normalized spacial score (nSPS) is 44.4. The van der Waals surface area contributed by atoms with Gasteiger partial charge in [0.05, 0.1) is 11.7 Å². The molecule has 0 amide bonds. The molecular weight excluding hydrogens is 408 g/mol. The Labute approximate surface area is 202 Å². The smallest absolute Gasteiger partial charge is 0.138 e. The minimum absolute atomic E-state index is 0.204. The number of carbonyl (C=O) groups excluding carboxylic acids is 1. The molecule has 0 saturated heterocycles. The molecule has 0 heterocycles. The first-order valence-corrected chi connectivity index (χ1v) is 13.7. The Morgan fingerprint density at radius 3 is 2.36 bits per heavy atom. The van der Waals surface area contributed by atoms with Gasteiger partial charge in [0.25, 0.3) is 0 Å². The van der Waals surface area contributed by atoms with Crippen LogP contribution in [0.25, 0.3) is 0 Å². The van der Waals surface area contributed by atoms with Crippen LogP contribution in [0.3, 0.4) is 0 Å². The number of Topliss-reactive ketones (excluding diaryl/α,β-unsaturated/α-hetero) is 1. The highest BCUT2D eigenvalue weighted by atomic mass is 16.3. The number of carbonyl (C=O) groups is 1. The number of hydrogen-bond donors (Lipinski definition) is 2. The largest absolute Gasteiger partial charge is 0.390 e. The zero-order valence-corrected chi connectivity index (χ0v) is 22.6. The number of ketones is 1. The summed E-state index contributed by atoms with van der Waals surface area (Å²) in [5.41, 5.74) is 1.27. The van der Waals surface area contributed by atoms with Crippen molar-refractivity contribution in [3.05, 3.63) is 11.6 Å². The van der Waals surface area contributed by atoms with E-state index >= 15 is 0 Å². The minimum atomic E-state index is -1.03. The summed E-state index contributed by atoms with van der Waals surface area (Å²) < 4.78 is 0. The molecule has 0 aliphatic heterocycles. The van der Waals surface area contributed by atoms with E-state index in [4.69, 9.17) is 0 Å². The van der Waals surface area contributed by atoms with Crippen molar-refractivity contribution in [3.63, 3.8) is 0 Å². The van der Waals surface area contributed by atoms with Crippen molar-refractivity contribution in [2.75, 3.05) is 0 Å². The van der Waals surface area contributed by atoms with Crippen LogP contribution in [-0.2, 0) is 4.79 Å². The van der Waals surface area contributed by atoms with Crippen molar-refractivity contribution in [2.24, 2.45) is 45.3 Å². The summed E-state index contributed by atoms with van der Waals surface area (Å²) in [5, 5.41) is 20.6.